The Bertz CT molecular complexity index is 1220. The molecule has 4 rings (SSSR count). The summed E-state index contributed by atoms with van der Waals surface area (Å²) >= 11 is 1.49. The van der Waals surface area contributed by atoms with Gasteiger partial charge >= 0.3 is 0 Å². The van der Waals surface area contributed by atoms with Crippen LogP contribution in [0.3, 0.4) is 0 Å². The summed E-state index contributed by atoms with van der Waals surface area (Å²) in [7, 11) is 1.85. The quantitative estimate of drug-likeness (QED) is 0.288. The molecular weight excluding hydrogens is 434 g/mol. The van der Waals surface area contributed by atoms with E-state index >= 15 is 0 Å². The lowest BCUT2D eigenvalue weighted by molar-refractivity contribution is -0.116. The lowest BCUT2D eigenvalue weighted by Gasteiger charge is -2.28. The van der Waals surface area contributed by atoms with E-state index in [1.807, 2.05) is 48.0 Å². The SMILES string of the molecule is CCCCOc1ccccc1[C@@H]1CC(=O)Nc2c1c(=O)nc(SCc1ccccc1C)n2C. The molecule has 33 heavy (non-hydrogen) atoms. The van der Waals surface area contributed by atoms with Gasteiger partial charge in [0.15, 0.2) is 5.16 Å². The molecule has 6 nitrogen and oxygen atoms in total. The van der Waals surface area contributed by atoms with E-state index in [9.17, 15) is 9.59 Å². The second-order valence-electron chi connectivity index (χ2n) is 8.28. The molecule has 0 saturated carbocycles. The molecule has 2 aromatic carbocycles. The molecule has 0 radical (unpaired) electrons. The highest BCUT2D eigenvalue weighted by atomic mass is 32.2. The number of nitrogens with one attached hydrogen (secondary N) is 1. The van der Waals surface area contributed by atoms with Crippen molar-refractivity contribution in [1.29, 1.82) is 0 Å². The van der Waals surface area contributed by atoms with E-state index in [4.69, 9.17) is 4.74 Å². The maximum atomic E-state index is 13.2. The van der Waals surface area contributed by atoms with Gasteiger partial charge in [0, 0.05) is 30.7 Å². The summed E-state index contributed by atoms with van der Waals surface area (Å²) in [5.41, 5.74) is 3.45. The minimum Gasteiger partial charge on any atom is -0.493 e. The van der Waals surface area contributed by atoms with Crippen LogP contribution in [0, 0.1) is 6.92 Å². The number of unbranched alkanes of at least 4 members (excludes halogenated alkanes) is 1. The predicted molar refractivity (Wildman–Crippen MR) is 132 cm³/mol. The number of hydrogen-bond donors (Lipinski definition) is 1. The van der Waals surface area contributed by atoms with Crippen LogP contribution in [0.5, 0.6) is 5.75 Å². The molecule has 7 heteroatoms. The van der Waals surface area contributed by atoms with Crippen molar-refractivity contribution in [1.82, 2.24) is 9.55 Å². The van der Waals surface area contributed by atoms with Crippen LogP contribution in [0.1, 0.15) is 54.4 Å². The molecule has 0 spiro atoms. The number of rotatable bonds is 8. The fourth-order valence-corrected chi connectivity index (χ4v) is 5.11. The van der Waals surface area contributed by atoms with Crippen LogP contribution in [0.15, 0.2) is 58.5 Å². The summed E-state index contributed by atoms with van der Waals surface area (Å²) < 4.78 is 7.83. The van der Waals surface area contributed by atoms with Gasteiger partial charge in [-0.05, 0) is 30.5 Å². The van der Waals surface area contributed by atoms with Gasteiger partial charge in [0.25, 0.3) is 5.56 Å². The van der Waals surface area contributed by atoms with Crippen molar-refractivity contribution in [2.75, 3.05) is 11.9 Å². The standard InChI is InChI=1S/C26H29N3O3S/c1-4-5-14-32-21-13-9-8-12-19(21)20-15-22(30)27-24-23(20)25(31)28-26(29(24)3)33-16-18-11-7-6-10-17(18)2/h6-13,20H,4-5,14-16H2,1-3H3,(H,27,30)/t20-/m0/s1. The summed E-state index contributed by atoms with van der Waals surface area (Å²) in [5.74, 6) is 1.42. The molecule has 0 saturated heterocycles. The average molecular weight is 464 g/mol. The lowest BCUT2D eigenvalue weighted by Crippen LogP contribution is -2.33. The minimum atomic E-state index is -0.395. The largest absolute Gasteiger partial charge is 0.493 e. The highest BCUT2D eigenvalue weighted by Gasteiger charge is 2.33. The monoisotopic (exact) mass is 463 g/mol. The number of hydrogen-bond acceptors (Lipinski definition) is 5. The molecular formula is C26H29N3O3S. The van der Waals surface area contributed by atoms with E-state index in [0.29, 0.717) is 28.9 Å². The third kappa shape index (κ3) is 4.98. The van der Waals surface area contributed by atoms with E-state index in [1.54, 1.807) is 0 Å². The smallest absolute Gasteiger partial charge is 0.279 e. The fourth-order valence-electron chi connectivity index (χ4n) is 4.07. The van der Waals surface area contributed by atoms with Crippen LogP contribution in [-0.2, 0) is 17.6 Å². The number of para-hydroxylation sites is 1. The molecule has 0 bridgehead atoms. The Morgan fingerprint density at radius 3 is 2.70 bits per heavy atom. The lowest BCUT2D eigenvalue weighted by atomic mass is 9.86. The number of carbonyl (C=O) groups excluding carboxylic acids is 1. The second-order valence-corrected chi connectivity index (χ2v) is 9.22. The molecule has 0 aliphatic carbocycles. The number of amides is 1. The van der Waals surface area contributed by atoms with Crippen LogP contribution in [-0.4, -0.2) is 22.1 Å². The molecule has 3 aromatic rings. The molecule has 1 aliphatic rings. The van der Waals surface area contributed by atoms with Gasteiger partial charge in [-0.15, -0.1) is 0 Å². The van der Waals surface area contributed by atoms with Crippen molar-refractivity contribution in [2.24, 2.45) is 7.05 Å². The molecule has 0 unspecified atom stereocenters. The number of nitrogens with zero attached hydrogens (tertiary/aromatic N) is 2. The molecule has 1 aromatic heterocycles. The Morgan fingerprint density at radius 2 is 1.91 bits per heavy atom. The zero-order valence-corrected chi connectivity index (χ0v) is 20.1. The summed E-state index contributed by atoms with van der Waals surface area (Å²) in [6.07, 6.45) is 2.17. The van der Waals surface area contributed by atoms with Crippen LogP contribution >= 0.6 is 11.8 Å². The first-order chi connectivity index (χ1) is 16.0. The molecule has 1 aliphatic heterocycles. The van der Waals surface area contributed by atoms with Gasteiger partial charge in [-0.2, -0.15) is 4.98 Å². The van der Waals surface area contributed by atoms with Crippen molar-refractivity contribution in [3.8, 4) is 5.75 Å². The van der Waals surface area contributed by atoms with E-state index in [1.165, 1.54) is 22.9 Å². The van der Waals surface area contributed by atoms with Gasteiger partial charge < -0.3 is 14.6 Å². The maximum Gasteiger partial charge on any atom is 0.279 e. The van der Waals surface area contributed by atoms with Crippen LogP contribution in [0.25, 0.3) is 0 Å². The van der Waals surface area contributed by atoms with Crippen molar-refractivity contribution in [2.45, 2.75) is 49.9 Å². The van der Waals surface area contributed by atoms with Gasteiger partial charge in [0.2, 0.25) is 5.91 Å². The van der Waals surface area contributed by atoms with Crippen LogP contribution < -0.4 is 15.6 Å². The molecule has 0 fully saturated rings. The zero-order valence-electron chi connectivity index (χ0n) is 19.3. The molecule has 1 amide bonds. The number of benzene rings is 2. The Balaban J connectivity index is 1.70. The normalized spacial score (nSPS) is 15.1. The highest BCUT2D eigenvalue weighted by molar-refractivity contribution is 7.98. The van der Waals surface area contributed by atoms with Gasteiger partial charge in [-0.1, -0.05) is 67.6 Å². The van der Waals surface area contributed by atoms with Gasteiger partial charge in [0.05, 0.1) is 12.2 Å². The number of aryl methyl sites for hydroxylation is 1. The first kappa shape index (κ1) is 23.1. The Morgan fingerprint density at radius 1 is 1.15 bits per heavy atom. The molecule has 1 atom stereocenters. The zero-order chi connectivity index (χ0) is 23.4. The average Bonchev–Trinajstić information content (AvgIpc) is 2.81. The van der Waals surface area contributed by atoms with E-state index in [0.717, 1.165) is 24.2 Å². The van der Waals surface area contributed by atoms with Gasteiger partial charge in [0.1, 0.15) is 11.6 Å². The minimum absolute atomic E-state index is 0.119. The number of thioether (sulfide) groups is 1. The predicted octanol–water partition coefficient (Wildman–Crippen LogP) is 5.03. The van der Waals surface area contributed by atoms with E-state index < -0.39 is 5.92 Å². The Labute approximate surface area is 198 Å². The maximum absolute atomic E-state index is 13.2. The first-order valence-corrected chi connectivity index (χ1v) is 12.3. The summed E-state index contributed by atoms with van der Waals surface area (Å²) in [5, 5.41) is 3.50. The van der Waals surface area contributed by atoms with Crippen molar-refractivity contribution in [3.05, 3.63) is 81.1 Å². The number of anilines is 1. The van der Waals surface area contributed by atoms with E-state index in [2.05, 4.69) is 36.3 Å². The van der Waals surface area contributed by atoms with Crippen LogP contribution in [0.2, 0.25) is 0 Å². The summed E-state index contributed by atoms with van der Waals surface area (Å²) in [6.45, 7) is 4.78. The van der Waals surface area contributed by atoms with Gasteiger partial charge in [-0.3, -0.25) is 9.59 Å². The van der Waals surface area contributed by atoms with Crippen LogP contribution in [0.4, 0.5) is 5.82 Å². The summed E-state index contributed by atoms with van der Waals surface area (Å²) in [4.78, 5) is 30.3. The third-order valence-electron chi connectivity index (χ3n) is 5.97. The molecule has 1 N–H and O–H groups in total. The number of carbonyl (C=O) groups is 1. The highest BCUT2D eigenvalue weighted by Crippen LogP contribution is 2.39. The number of aromatic nitrogens is 2. The third-order valence-corrected chi connectivity index (χ3v) is 7.05. The summed E-state index contributed by atoms with van der Waals surface area (Å²) in [6, 6.07) is 15.8. The second kappa shape index (κ2) is 10.3. The molecule has 172 valence electrons. The number of ether oxygens (including phenoxy) is 1. The van der Waals surface area contributed by atoms with E-state index in [-0.39, 0.29) is 17.9 Å². The first-order valence-electron chi connectivity index (χ1n) is 11.3. The van der Waals surface area contributed by atoms with Crippen molar-refractivity contribution in [3.63, 3.8) is 0 Å². The number of fused-ring (bicyclic) bond motifs is 1. The van der Waals surface area contributed by atoms with Gasteiger partial charge in [-0.25, -0.2) is 0 Å². The Kier molecular flexibility index (Phi) is 7.18. The fraction of sp³-hybridized carbons (Fsp3) is 0.346. The Hall–Kier alpha value is -3.06. The molecule has 2 heterocycles. The van der Waals surface area contributed by atoms with Crippen molar-refractivity contribution < 1.29 is 9.53 Å². The topological polar surface area (TPSA) is 73.2 Å². The van der Waals surface area contributed by atoms with Crippen molar-refractivity contribution >= 4 is 23.5 Å².